The lowest BCUT2D eigenvalue weighted by atomic mass is 9.89. The van der Waals surface area contributed by atoms with E-state index < -0.39 is 0 Å². The van der Waals surface area contributed by atoms with Crippen molar-refractivity contribution in [1.82, 2.24) is 10.3 Å². The number of ether oxygens (including phenoxy) is 2. The Labute approximate surface area is 141 Å². The van der Waals surface area contributed by atoms with Crippen molar-refractivity contribution in [3.8, 4) is 11.5 Å². The van der Waals surface area contributed by atoms with Gasteiger partial charge < -0.3 is 14.8 Å². The molecule has 2 aliphatic rings. The Morgan fingerprint density at radius 1 is 1.33 bits per heavy atom. The molecule has 0 fully saturated rings. The molecule has 0 amide bonds. The van der Waals surface area contributed by atoms with Crippen LogP contribution in [0.4, 0.5) is 0 Å². The molecule has 2 aromatic rings. The molecule has 1 aromatic heterocycles. The lowest BCUT2D eigenvalue weighted by Crippen LogP contribution is -2.22. The van der Waals surface area contributed by atoms with Crippen LogP contribution in [0.1, 0.15) is 29.2 Å². The highest BCUT2D eigenvalue weighted by atomic mass is 16.5. The van der Waals surface area contributed by atoms with Gasteiger partial charge in [-0.3, -0.25) is 9.98 Å². The fourth-order valence-electron chi connectivity index (χ4n) is 3.42. The van der Waals surface area contributed by atoms with E-state index in [9.17, 15) is 0 Å². The minimum atomic E-state index is 0.0949. The SMILES string of the molecule is COc1cc2c(c(C(CC3=NCCN3)c3ccccn3)c1)OCC2. The number of benzene rings is 1. The van der Waals surface area contributed by atoms with Gasteiger partial charge in [-0.25, -0.2) is 0 Å². The molecule has 0 saturated carbocycles. The molecule has 0 saturated heterocycles. The van der Waals surface area contributed by atoms with Crippen LogP contribution < -0.4 is 14.8 Å². The van der Waals surface area contributed by atoms with E-state index >= 15 is 0 Å². The Morgan fingerprint density at radius 3 is 3.04 bits per heavy atom. The molecular formula is C19H21N3O2. The van der Waals surface area contributed by atoms with Crippen molar-refractivity contribution < 1.29 is 9.47 Å². The predicted octanol–water partition coefficient (Wildman–Crippen LogP) is 2.55. The Balaban J connectivity index is 1.80. The highest BCUT2D eigenvalue weighted by Crippen LogP contribution is 2.41. The van der Waals surface area contributed by atoms with E-state index in [1.165, 1.54) is 5.56 Å². The lowest BCUT2D eigenvalue weighted by molar-refractivity contribution is 0.351. The van der Waals surface area contributed by atoms with Gasteiger partial charge in [0.05, 0.1) is 26.1 Å². The maximum Gasteiger partial charge on any atom is 0.126 e. The highest BCUT2D eigenvalue weighted by molar-refractivity contribution is 5.85. The van der Waals surface area contributed by atoms with Crippen molar-refractivity contribution in [2.75, 3.05) is 26.8 Å². The van der Waals surface area contributed by atoms with Crippen LogP contribution in [-0.2, 0) is 6.42 Å². The van der Waals surface area contributed by atoms with Crippen molar-refractivity contribution >= 4 is 5.84 Å². The van der Waals surface area contributed by atoms with Crippen LogP contribution >= 0.6 is 0 Å². The first kappa shape index (κ1) is 15.0. The van der Waals surface area contributed by atoms with Crippen molar-refractivity contribution in [3.05, 3.63) is 53.3 Å². The second kappa shape index (κ2) is 6.51. The summed E-state index contributed by atoms with van der Waals surface area (Å²) in [4.78, 5) is 9.17. The summed E-state index contributed by atoms with van der Waals surface area (Å²) in [5.74, 6) is 3.00. The zero-order valence-electron chi connectivity index (χ0n) is 13.8. The Kier molecular flexibility index (Phi) is 4.07. The largest absolute Gasteiger partial charge is 0.497 e. The molecule has 1 N–H and O–H groups in total. The van der Waals surface area contributed by atoms with Gasteiger partial charge in [-0.1, -0.05) is 6.07 Å². The number of hydrogen-bond donors (Lipinski definition) is 1. The van der Waals surface area contributed by atoms with E-state index in [1.807, 2.05) is 18.3 Å². The summed E-state index contributed by atoms with van der Waals surface area (Å²) in [5, 5.41) is 3.37. The van der Waals surface area contributed by atoms with Gasteiger partial charge in [0.25, 0.3) is 0 Å². The number of methoxy groups -OCH3 is 1. The molecule has 0 aliphatic carbocycles. The fraction of sp³-hybridized carbons (Fsp3) is 0.368. The molecule has 0 radical (unpaired) electrons. The lowest BCUT2D eigenvalue weighted by Gasteiger charge is -2.20. The quantitative estimate of drug-likeness (QED) is 0.919. The third-order valence-electron chi connectivity index (χ3n) is 4.58. The summed E-state index contributed by atoms with van der Waals surface area (Å²) < 4.78 is 11.5. The Hall–Kier alpha value is -2.56. The van der Waals surface area contributed by atoms with Crippen molar-refractivity contribution in [2.24, 2.45) is 4.99 Å². The molecule has 124 valence electrons. The molecule has 24 heavy (non-hydrogen) atoms. The van der Waals surface area contributed by atoms with Gasteiger partial charge in [0, 0.05) is 48.3 Å². The van der Waals surface area contributed by atoms with Crippen molar-refractivity contribution in [3.63, 3.8) is 0 Å². The number of hydrogen-bond acceptors (Lipinski definition) is 5. The molecule has 1 atom stereocenters. The van der Waals surface area contributed by atoms with Crippen LogP contribution in [-0.4, -0.2) is 37.6 Å². The Morgan fingerprint density at radius 2 is 2.29 bits per heavy atom. The molecule has 5 heteroatoms. The molecule has 3 heterocycles. The molecule has 0 spiro atoms. The average molecular weight is 323 g/mol. The smallest absolute Gasteiger partial charge is 0.126 e. The normalized spacial score (nSPS) is 16.8. The zero-order chi connectivity index (χ0) is 16.4. The highest BCUT2D eigenvalue weighted by Gasteiger charge is 2.27. The number of aromatic nitrogens is 1. The van der Waals surface area contributed by atoms with Crippen LogP contribution in [0.5, 0.6) is 11.5 Å². The fourth-order valence-corrected chi connectivity index (χ4v) is 3.42. The number of pyridine rings is 1. The van der Waals surface area contributed by atoms with Gasteiger partial charge in [-0.15, -0.1) is 0 Å². The molecule has 1 aromatic carbocycles. The number of amidine groups is 1. The van der Waals surface area contributed by atoms with Crippen LogP contribution in [0.15, 0.2) is 41.5 Å². The van der Waals surface area contributed by atoms with Crippen molar-refractivity contribution in [1.29, 1.82) is 0 Å². The number of fused-ring (bicyclic) bond motifs is 1. The molecule has 2 aliphatic heterocycles. The standard InChI is InChI=1S/C19H21N3O2/c1-23-14-10-13-5-9-24-19(13)16(11-14)15(12-18-21-7-8-22-18)17-4-2-3-6-20-17/h2-4,6,10-11,15H,5,7-9,12H2,1H3,(H,21,22). The van der Waals surface area contributed by atoms with Gasteiger partial charge in [0.2, 0.25) is 0 Å². The monoisotopic (exact) mass is 323 g/mol. The number of rotatable bonds is 5. The average Bonchev–Trinajstić information content (AvgIpc) is 3.31. The second-order valence-electron chi connectivity index (χ2n) is 6.07. The maximum atomic E-state index is 5.95. The van der Waals surface area contributed by atoms with Crippen molar-refractivity contribution in [2.45, 2.75) is 18.8 Å². The first-order valence-electron chi connectivity index (χ1n) is 8.37. The number of aliphatic imine (C=N–C) groups is 1. The second-order valence-corrected chi connectivity index (χ2v) is 6.07. The minimum absolute atomic E-state index is 0.0949. The van der Waals surface area contributed by atoms with E-state index in [2.05, 4.69) is 33.5 Å². The van der Waals surface area contributed by atoms with E-state index in [1.54, 1.807) is 7.11 Å². The number of nitrogens with zero attached hydrogens (tertiary/aromatic N) is 2. The third kappa shape index (κ3) is 2.82. The summed E-state index contributed by atoms with van der Waals surface area (Å²) in [6, 6.07) is 10.2. The summed E-state index contributed by atoms with van der Waals surface area (Å²) in [6.07, 6.45) is 3.56. The number of nitrogens with one attached hydrogen (secondary N) is 1. The summed E-state index contributed by atoms with van der Waals surface area (Å²) in [7, 11) is 1.71. The predicted molar refractivity (Wildman–Crippen MR) is 93.2 cm³/mol. The molecular weight excluding hydrogens is 302 g/mol. The van der Waals surface area contributed by atoms with E-state index in [-0.39, 0.29) is 5.92 Å². The van der Waals surface area contributed by atoms with Crippen LogP contribution in [0.25, 0.3) is 0 Å². The molecule has 1 unspecified atom stereocenters. The summed E-state index contributed by atoms with van der Waals surface area (Å²) >= 11 is 0. The third-order valence-corrected chi connectivity index (χ3v) is 4.58. The summed E-state index contributed by atoms with van der Waals surface area (Å²) in [6.45, 7) is 2.48. The van der Waals surface area contributed by atoms with Gasteiger partial charge in [-0.05, 0) is 24.3 Å². The molecule has 4 rings (SSSR count). The van der Waals surface area contributed by atoms with E-state index in [4.69, 9.17) is 9.47 Å². The maximum absolute atomic E-state index is 5.95. The van der Waals surface area contributed by atoms with E-state index in [0.717, 1.165) is 61.1 Å². The zero-order valence-corrected chi connectivity index (χ0v) is 13.8. The topological polar surface area (TPSA) is 55.7 Å². The first-order valence-corrected chi connectivity index (χ1v) is 8.37. The van der Waals surface area contributed by atoms with Gasteiger partial charge in [-0.2, -0.15) is 0 Å². The van der Waals surface area contributed by atoms with Gasteiger partial charge in [0.1, 0.15) is 11.5 Å². The minimum Gasteiger partial charge on any atom is -0.497 e. The van der Waals surface area contributed by atoms with Crippen LogP contribution in [0.2, 0.25) is 0 Å². The first-order chi connectivity index (χ1) is 11.8. The van der Waals surface area contributed by atoms with E-state index in [0.29, 0.717) is 0 Å². The molecule has 0 bridgehead atoms. The van der Waals surface area contributed by atoms with Gasteiger partial charge >= 0.3 is 0 Å². The van der Waals surface area contributed by atoms with Crippen LogP contribution in [0.3, 0.4) is 0 Å². The van der Waals surface area contributed by atoms with Crippen LogP contribution in [0, 0.1) is 0 Å². The molecule has 5 nitrogen and oxygen atoms in total. The van der Waals surface area contributed by atoms with Gasteiger partial charge in [0.15, 0.2) is 0 Å². The summed E-state index contributed by atoms with van der Waals surface area (Å²) in [5.41, 5.74) is 3.38. The Bertz CT molecular complexity index is 759.